The normalized spacial score (nSPS) is 10.7. The lowest BCUT2D eigenvalue weighted by molar-refractivity contribution is 1.31. The Hall–Kier alpha value is -3.12. The fraction of sp³-hybridized carbons (Fsp3) is 0.351. The van der Waals surface area contributed by atoms with E-state index in [1.807, 2.05) is 55.4 Å². The van der Waals surface area contributed by atoms with Gasteiger partial charge in [-0.2, -0.15) is 0 Å². The zero-order valence-electron chi connectivity index (χ0n) is 23.5. The highest BCUT2D eigenvalue weighted by atomic mass is 14.1. The van der Waals surface area contributed by atoms with Gasteiger partial charge in [0.2, 0.25) is 0 Å². The summed E-state index contributed by atoms with van der Waals surface area (Å²) in [5.74, 6) is 0. The third-order valence-electron chi connectivity index (χ3n) is 5.07. The summed E-state index contributed by atoms with van der Waals surface area (Å²) in [6, 6.07) is 25.5. The highest BCUT2D eigenvalue weighted by Gasteiger charge is 2.01. The summed E-state index contributed by atoms with van der Waals surface area (Å²) in [4.78, 5) is 0. The SMILES string of the molecule is C.C.C1=Cc2ccccc2C1.C1=Cc2ccccc2C1.C1=Cc2ccccc2C1.CC.CC.CC.CC. The third-order valence-corrected chi connectivity index (χ3v) is 5.07. The van der Waals surface area contributed by atoms with Gasteiger partial charge in [-0.15, -0.1) is 0 Å². The highest BCUT2D eigenvalue weighted by molar-refractivity contribution is 5.60. The summed E-state index contributed by atoms with van der Waals surface area (Å²) >= 11 is 0. The molecule has 0 atom stereocenters. The maximum atomic E-state index is 2.20. The lowest BCUT2D eigenvalue weighted by atomic mass is 10.1. The Labute approximate surface area is 231 Å². The van der Waals surface area contributed by atoms with E-state index >= 15 is 0 Å². The molecule has 0 N–H and O–H groups in total. The quantitative estimate of drug-likeness (QED) is 0.288. The van der Waals surface area contributed by atoms with Crippen molar-refractivity contribution in [1.82, 2.24) is 0 Å². The average Bonchev–Trinajstić information content (AvgIpc) is 3.74. The van der Waals surface area contributed by atoms with Crippen molar-refractivity contribution in [3.8, 4) is 0 Å². The Balaban J connectivity index is -0.000000403. The Kier molecular flexibility index (Phi) is 26.9. The lowest BCUT2D eigenvalue weighted by Crippen LogP contribution is -1.76. The molecule has 6 rings (SSSR count). The highest BCUT2D eigenvalue weighted by Crippen LogP contribution is 2.19. The Morgan fingerprint density at radius 1 is 0.351 bits per heavy atom. The predicted octanol–water partition coefficient (Wildman–Crippen LogP) is 12.1. The molecule has 37 heavy (non-hydrogen) atoms. The molecular formula is C37H56. The first-order chi connectivity index (χ1) is 17.4. The van der Waals surface area contributed by atoms with E-state index in [-0.39, 0.29) is 14.9 Å². The van der Waals surface area contributed by atoms with Crippen LogP contribution >= 0.6 is 0 Å². The molecular weight excluding hydrogens is 444 g/mol. The average molecular weight is 501 g/mol. The molecule has 0 spiro atoms. The van der Waals surface area contributed by atoms with Crippen molar-refractivity contribution in [3.63, 3.8) is 0 Å². The minimum atomic E-state index is 0. The van der Waals surface area contributed by atoms with Crippen LogP contribution in [0.25, 0.3) is 18.2 Å². The smallest absolute Gasteiger partial charge is 0.00882 e. The van der Waals surface area contributed by atoms with E-state index in [9.17, 15) is 0 Å². The zero-order valence-corrected chi connectivity index (χ0v) is 23.5. The summed E-state index contributed by atoms with van der Waals surface area (Å²) in [5.41, 5.74) is 8.53. The van der Waals surface area contributed by atoms with Gasteiger partial charge in [0, 0.05) is 0 Å². The Morgan fingerprint density at radius 3 is 0.784 bits per heavy atom. The largest absolute Gasteiger partial charge is 0.0795 e. The molecule has 3 aliphatic rings. The van der Waals surface area contributed by atoms with Gasteiger partial charge in [0.05, 0.1) is 0 Å². The molecule has 0 bridgehead atoms. The fourth-order valence-corrected chi connectivity index (χ4v) is 3.59. The maximum absolute atomic E-state index is 2.20. The van der Waals surface area contributed by atoms with Gasteiger partial charge in [-0.1, -0.05) is 179 Å². The van der Waals surface area contributed by atoms with Crippen molar-refractivity contribution >= 4 is 18.2 Å². The number of benzene rings is 3. The van der Waals surface area contributed by atoms with Gasteiger partial charge in [-0.25, -0.2) is 0 Å². The molecule has 0 saturated heterocycles. The van der Waals surface area contributed by atoms with Crippen LogP contribution in [0.4, 0.5) is 0 Å². The molecule has 0 nitrogen and oxygen atoms in total. The molecule has 0 amide bonds. The molecule has 3 aliphatic carbocycles. The summed E-state index contributed by atoms with van der Waals surface area (Å²) in [7, 11) is 0. The molecule has 204 valence electrons. The second-order valence-electron chi connectivity index (χ2n) is 6.92. The van der Waals surface area contributed by atoms with Crippen LogP contribution in [-0.4, -0.2) is 0 Å². The van der Waals surface area contributed by atoms with Crippen molar-refractivity contribution in [2.45, 2.75) is 89.5 Å². The molecule has 0 fully saturated rings. The number of allylic oxidation sites excluding steroid dienone is 3. The maximum Gasteiger partial charge on any atom is -0.00882 e. The van der Waals surface area contributed by atoms with E-state index in [1.54, 1.807) is 0 Å². The number of fused-ring (bicyclic) bond motifs is 3. The first kappa shape index (κ1) is 38.4. The standard InChI is InChI=1S/3C9H8.4C2H6.2CH4/c3*1-2-5-9-7-3-6-8(9)4-1;4*1-2;;/h3*1-6H,7H2;4*1-2H3;2*1H4. The van der Waals surface area contributed by atoms with Crippen LogP contribution in [0.15, 0.2) is 91.0 Å². The summed E-state index contributed by atoms with van der Waals surface area (Å²) in [6.45, 7) is 16.0. The second kappa shape index (κ2) is 26.0. The monoisotopic (exact) mass is 500 g/mol. The van der Waals surface area contributed by atoms with Gasteiger partial charge in [0.25, 0.3) is 0 Å². The van der Waals surface area contributed by atoms with E-state index in [0.717, 1.165) is 19.3 Å². The lowest BCUT2D eigenvalue weighted by Gasteiger charge is -1.93. The van der Waals surface area contributed by atoms with Crippen molar-refractivity contribution in [1.29, 1.82) is 0 Å². The topological polar surface area (TPSA) is 0 Å². The van der Waals surface area contributed by atoms with E-state index < -0.39 is 0 Å². The zero-order chi connectivity index (χ0) is 26.3. The number of hydrogen-bond acceptors (Lipinski definition) is 0. The first-order valence-corrected chi connectivity index (χ1v) is 13.6. The number of hydrogen-bond donors (Lipinski definition) is 0. The minimum Gasteiger partial charge on any atom is -0.0795 e. The summed E-state index contributed by atoms with van der Waals surface area (Å²) < 4.78 is 0. The summed E-state index contributed by atoms with van der Waals surface area (Å²) in [6.07, 6.45) is 16.5. The van der Waals surface area contributed by atoms with Crippen molar-refractivity contribution in [2.24, 2.45) is 0 Å². The van der Waals surface area contributed by atoms with Gasteiger partial charge in [0.1, 0.15) is 0 Å². The second-order valence-corrected chi connectivity index (χ2v) is 6.92. The van der Waals surface area contributed by atoms with Crippen molar-refractivity contribution in [3.05, 3.63) is 124 Å². The van der Waals surface area contributed by atoms with Crippen LogP contribution in [0.1, 0.15) is 104 Å². The van der Waals surface area contributed by atoms with E-state index in [1.165, 1.54) is 33.4 Å². The minimum absolute atomic E-state index is 0. The fourth-order valence-electron chi connectivity index (χ4n) is 3.59. The molecule has 0 aromatic heterocycles. The molecule has 3 aromatic carbocycles. The van der Waals surface area contributed by atoms with Gasteiger partial charge in [-0.05, 0) is 52.6 Å². The van der Waals surface area contributed by atoms with Crippen LogP contribution in [-0.2, 0) is 19.3 Å². The van der Waals surface area contributed by atoms with Crippen molar-refractivity contribution in [2.75, 3.05) is 0 Å². The van der Waals surface area contributed by atoms with Crippen LogP contribution in [0.2, 0.25) is 0 Å². The molecule has 0 aliphatic heterocycles. The van der Waals surface area contributed by atoms with Crippen LogP contribution in [0.5, 0.6) is 0 Å². The van der Waals surface area contributed by atoms with Gasteiger partial charge >= 0.3 is 0 Å². The molecule has 0 unspecified atom stereocenters. The molecule has 0 saturated carbocycles. The first-order valence-electron chi connectivity index (χ1n) is 13.6. The van der Waals surface area contributed by atoms with Gasteiger partial charge in [-0.3, -0.25) is 0 Å². The van der Waals surface area contributed by atoms with Crippen LogP contribution in [0, 0.1) is 0 Å². The van der Waals surface area contributed by atoms with E-state index in [2.05, 4.69) is 109 Å². The Morgan fingerprint density at radius 2 is 0.568 bits per heavy atom. The van der Waals surface area contributed by atoms with Gasteiger partial charge < -0.3 is 0 Å². The van der Waals surface area contributed by atoms with E-state index in [0.29, 0.717) is 0 Å². The predicted molar refractivity (Wildman–Crippen MR) is 176 cm³/mol. The summed E-state index contributed by atoms with van der Waals surface area (Å²) in [5, 5.41) is 0. The Bertz CT molecular complexity index is 870. The van der Waals surface area contributed by atoms with Gasteiger partial charge in [0.15, 0.2) is 0 Å². The molecule has 0 heteroatoms. The van der Waals surface area contributed by atoms with Crippen molar-refractivity contribution < 1.29 is 0 Å². The number of rotatable bonds is 0. The molecule has 0 heterocycles. The van der Waals surface area contributed by atoms with Crippen LogP contribution < -0.4 is 0 Å². The van der Waals surface area contributed by atoms with Crippen LogP contribution in [0.3, 0.4) is 0 Å². The van der Waals surface area contributed by atoms with E-state index in [4.69, 9.17) is 0 Å². The molecule has 0 radical (unpaired) electrons. The molecule has 3 aromatic rings. The third kappa shape index (κ3) is 13.7.